The highest BCUT2D eigenvalue weighted by Gasteiger charge is 2.24. The molecule has 0 N–H and O–H groups in total. The molecule has 0 spiro atoms. The van der Waals surface area contributed by atoms with Gasteiger partial charge in [0.05, 0.1) is 12.2 Å². The monoisotopic (exact) mass is 359 g/mol. The molecule has 26 heavy (non-hydrogen) atoms. The first-order valence-electron chi connectivity index (χ1n) is 9.43. The van der Waals surface area contributed by atoms with Gasteiger partial charge in [-0.05, 0) is 32.8 Å². The number of likely N-dealkylation sites (tertiary alicyclic amines) is 1. The van der Waals surface area contributed by atoms with Crippen LogP contribution in [0.3, 0.4) is 0 Å². The van der Waals surface area contributed by atoms with Gasteiger partial charge >= 0.3 is 0 Å². The number of carbonyl (C=O) groups is 2. The van der Waals surface area contributed by atoms with E-state index in [0.717, 1.165) is 56.0 Å². The average Bonchev–Trinajstić information content (AvgIpc) is 3.24. The van der Waals surface area contributed by atoms with E-state index in [1.807, 2.05) is 41.5 Å². The van der Waals surface area contributed by atoms with E-state index in [1.54, 1.807) is 6.08 Å². The second kappa shape index (κ2) is 8.03. The summed E-state index contributed by atoms with van der Waals surface area (Å²) in [5.41, 5.74) is 2.99. The molecule has 2 aliphatic rings. The normalized spacial score (nSPS) is 18.9. The molecule has 7 heteroatoms. The number of piperazine rings is 1. The van der Waals surface area contributed by atoms with Crippen LogP contribution in [-0.2, 0) is 16.6 Å². The summed E-state index contributed by atoms with van der Waals surface area (Å²) in [7, 11) is 1.91. The highest BCUT2D eigenvalue weighted by molar-refractivity contribution is 5.92. The Hall–Kier alpha value is -2.15. The lowest BCUT2D eigenvalue weighted by atomic mass is 10.2. The van der Waals surface area contributed by atoms with Crippen LogP contribution in [0.5, 0.6) is 0 Å². The second-order valence-electron chi connectivity index (χ2n) is 7.23. The Balaban J connectivity index is 1.49. The van der Waals surface area contributed by atoms with Crippen LogP contribution in [0, 0.1) is 13.8 Å². The molecule has 142 valence electrons. The molecule has 2 saturated heterocycles. The van der Waals surface area contributed by atoms with Gasteiger partial charge in [-0.25, -0.2) is 0 Å². The van der Waals surface area contributed by atoms with E-state index < -0.39 is 0 Å². The van der Waals surface area contributed by atoms with Crippen LogP contribution in [-0.4, -0.2) is 82.1 Å². The summed E-state index contributed by atoms with van der Waals surface area (Å²) >= 11 is 0. The van der Waals surface area contributed by atoms with Crippen molar-refractivity contribution in [2.75, 3.05) is 45.8 Å². The molecule has 1 aromatic rings. The minimum atomic E-state index is 0.0261. The van der Waals surface area contributed by atoms with Gasteiger partial charge < -0.3 is 9.80 Å². The summed E-state index contributed by atoms with van der Waals surface area (Å²) < 4.78 is 1.83. The van der Waals surface area contributed by atoms with Gasteiger partial charge in [0.15, 0.2) is 0 Å². The molecule has 0 atom stereocenters. The fourth-order valence-electron chi connectivity index (χ4n) is 3.68. The Bertz CT molecular complexity index is 695. The van der Waals surface area contributed by atoms with Crippen molar-refractivity contribution in [1.29, 1.82) is 0 Å². The summed E-state index contributed by atoms with van der Waals surface area (Å²) in [6.45, 7) is 9.07. The topological polar surface area (TPSA) is 61.7 Å². The molecule has 0 bridgehead atoms. The SMILES string of the molecule is Cc1nn(C)c(C)c1C=CC(=O)N1CCN(CC(=O)N2CCCC2)CC1. The zero-order chi connectivity index (χ0) is 18.7. The first kappa shape index (κ1) is 18.6. The molecule has 2 amide bonds. The summed E-state index contributed by atoms with van der Waals surface area (Å²) in [5.74, 6) is 0.253. The highest BCUT2D eigenvalue weighted by Crippen LogP contribution is 2.14. The quantitative estimate of drug-likeness (QED) is 0.747. The fourth-order valence-corrected chi connectivity index (χ4v) is 3.68. The summed E-state index contributed by atoms with van der Waals surface area (Å²) in [4.78, 5) is 30.7. The van der Waals surface area contributed by atoms with E-state index in [1.165, 1.54) is 0 Å². The first-order chi connectivity index (χ1) is 12.5. The number of rotatable bonds is 4. The maximum atomic E-state index is 12.5. The van der Waals surface area contributed by atoms with Gasteiger partial charge in [0.25, 0.3) is 0 Å². The average molecular weight is 359 g/mol. The third kappa shape index (κ3) is 4.15. The van der Waals surface area contributed by atoms with Crippen molar-refractivity contribution in [3.8, 4) is 0 Å². The second-order valence-corrected chi connectivity index (χ2v) is 7.23. The van der Waals surface area contributed by atoms with E-state index in [-0.39, 0.29) is 11.8 Å². The van der Waals surface area contributed by atoms with Gasteiger partial charge in [0.2, 0.25) is 11.8 Å². The van der Waals surface area contributed by atoms with Crippen molar-refractivity contribution in [3.05, 3.63) is 23.0 Å². The summed E-state index contributed by atoms with van der Waals surface area (Å²) in [6.07, 6.45) is 5.75. The van der Waals surface area contributed by atoms with Crippen molar-refractivity contribution in [1.82, 2.24) is 24.5 Å². The molecule has 7 nitrogen and oxygen atoms in total. The zero-order valence-corrected chi connectivity index (χ0v) is 16.1. The number of hydrogen-bond acceptors (Lipinski definition) is 4. The molecular weight excluding hydrogens is 330 g/mol. The van der Waals surface area contributed by atoms with Crippen molar-refractivity contribution >= 4 is 17.9 Å². The molecule has 1 aromatic heterocycles. The maximum absolute atomic E-state index is 12.5. The Kier molecular flexibility index (Phi) is 5.76. The smallest absolute Gasteiger partial charge is 0.246 e. The van der Waals surface area contributed by atoms with Crippen LogP contribution in [0.25, 0.3) is 6.08 Å². The molecule has 2 fully saturated rings. The number of carbonyl (C=O) groups excluding carboxylic acids is 2. The number of aromatic nitrogens is 2. The molecule has 0 aromatic carbocycles. The van der Waals surface area contributed by atoms with Gasteiger partial charge in [-0.2, -0.15) is 5.10 Å². The molecular formula is C19H29N5O2. The molecule has 0 aliphatic carbocycles. The third-order valence-electron chi connectivity index (χ3n) is 5.46. The van der Waals surface area contributed by atoms with Crippen LogP contribution >= 0.6 is 0 Å². The Morgan fingerprint density at radius 1 is 1.00 bits per heavy atom. The van der Waals surface area contributed by atoms with Crippen molar-refractivity contribution in [2.24, 2.45) is 7.05 Å². The number of nitrogens with zero attached hydrogens (tertiary/aromatic N) is 5. The Morgan fingerprint density at radius 3 is 2.23 bits per heavy atom. The van der Waals surface area contributed by atoms with E-state index >= 15 is 0 Å². The van der Waals surface area contributed by atoms with E-state index in [2.05, 4.69) is 10.00 Å². The molecule has 0 radical (unpaired) electrons. The van der Waals surface area contributed by atoms with Crippen molar-refractivity contribution in [2.45, 2.75) is 26.7 Å². The molecule has 3 heterocycles. The van der Waals surface area contributed by atoms with Crippen molar-refractivity contribution in [3.63, 3.8) is 0 Å². The van der Waals surface area contributed by atoms with E-state index in [9.17, 15) is 9.59 Å². The molecule has 3 rings (SSSR count). The van der Waals surface area contributed by atoms with Crippen LogP contribution in [0.15, 0.2) is 6.08 Å². The number of hydrogen-bond donors (Lipinski definition) is 0. The van der Waals surface area contributed by atoms with Crippen LogP contribution < -0.4 is 0 Å². The van der Waals surface area contributed by atoms with Gasteiger partial charge in [-0.15, -0.1) is 0 Å². The largest absolute Gasteiger partial charge is 0.342 e. The van der Waals surface area contributed by atoms with Gasteiger partial charge in [-0.1, -0.05) is 0 Å². The van der Waals surface area contributed by atoms with Crippen LogP contribution in [0.1, 0.15) is 29.8 Å². The fraction of sp³-hybridized carbons (Fsp3) is 0.632. The number of amides is 2. The third-order valence-corrected chi connectivity index (χ3v) is 5.46. The van der Waals surface area contributed by atoms with Crippen LogP contribution in [0.4, 0.5) is 0 Å². The first-order valence-corrected chi connectivity index (χ1v) is 9.43. The minimum Gasteiger partial charge on any atom is -0.342 e. The van der Waals surface area contributed by atoms with Gasteiger partial charge in [0.1, 0.15) is 0 Å². The lowest BCUT2D eigenvalue weighted by Crippen LogP contribution is -2.51. The molecule has 2 aliphatic heterocycles. The van der Waals surface area contributed by atoms with Gasteiger partial charge in [0, 0.05) is 63.6 Å². The Morgan fingerprint density at radius 2 is 1.65 bits per heavy atom. The van der Waals surface area contributed by atoms with E-state index in [4.69, 9.17) is 0 Å². The van der Waals surface area contributed by atoms with E-state index in [0.29, 0.717) is 19.6 Å². The molecule has 0 saturated carbocycles. The number of aryl methyl sites for hydroxylation is 2. The zero-order valence-electron chi connectivity index (χ0n) is 16.1. The minimum absolute atomic E-state index is 0.0261. The van der Waals surface area contributed by atoms with Crippen LogP contribution in [0.2, 0.25) is 0 Å². The van der Waals surface area contributed by atoms with Crippen molar-refractivity contribution < 1.29 is 9.59 Å². The highest BCUT2D eigenvalue weighted by atomic mass is 16.2. The maximum Gasteiger partial charge on any atom is 0.246 e. The molecule has 0 unspecified atom stereocenters. The lowest BCUT2D eigenvalue weighted by molar-refractivity contribution is -0.132. The predicted molar refractivity (Wildman–Crippen MR) is 101 cm³/mol. The summed E-state index contributed by atoms with van der Waals surface area (Å²) in [5, 5.41) is 4.37. The van der Waals surface area contributed by atoms with Gasteiger partial charge in [-0.3, -0.25) is 19.2 Å². The summed E-state index contributed by atoms with van der Waals surface area (Å²) in [6, 6.07) is 0. The lowest BCUT2D eigenvalue weighted by Gasteiger charge is -2.34. The predicted octanol–water partition coefficient (Wildman–Crippen LogP) is 0.817. The Labute approximate surface area is 155 Å². The standard InChI is InChI=1S/C19H29N5O2/c1-15-17(16(2)21(3)20-15)6-7-18(25)24-12-10-22(11-13-24)14-19(26)23-8-4-5-9-23/h6-7H,4-5,8-14H2,1-3H3.